The van der Waals surface area contributed by atoms with Crippen LogP contribution in [0.5, 0.6) is 0 Å². The van der Waals surface area contributed by atoms with Crippen molar-refractivity contribution in [3.05, 3.63) is 20.8 Å². The Morgan fingerprint density at radius 2 is 2.06 bits per heavy atom. The quantitative estimate of drug-likeness (QED) is 0.778. The molecule has 0 saturated carbocycles. The Labute approximate surface area is 124 Å². The molecule has 0 fully saturated rings. The second-order valence-electron chi connectivity index (χ2n) is 5.59. The highest BCUT2D eigenvalue weighted by molar-refractivity contribution is 9.10. The second kappa shape index (κ2) is 8.31. The number of thiophene rings is 1. The molecular weight excluding hydrogens is 308 g/mol. The van der Waals surface area contributed by atoms with Gasteiger partial charge in [-0.3, -0.25) is 0 Å². The zero-order valence-corrected chi connectivity index (χ0v) is 14.3. The predicted molar refractivity (Wildman–Crippen MR) is 85.2 cm³/mol. The minimum atomic E-state index is 0.692. The van der Waals surface area contributed by atoms with Gasteiger partial charge in [0.2, 0.25) is 0 Å². The SMILES string of the molecule is CC(C)CNCC(C)CN(C)Cc1cc(Br)cs1. The lowest BCUT2D eigenvalue weighted by atomic mass is 10.1. The topological polar surface area (TPSA) is 15.3 Å². The van der Waals surface area contributed by atoms with E-state index in [2.05, 4.69) is 65.4 Å². The molecule has 18 heavy (non-hydrogen) atoms. The van der Waals surface area contributed by atoms with Crippen LogP contribution in [-0.2, 0) is 6.54 Å². The smallest absolute Gasteiger partial charge is 0.0325 e. The highest BCUT2D eigenvalue weighted by atomic mass is 79.9. The van der Waals surface area contributed by atoms with Crippen molar-refractivity contribution < 1.29 is 0 Å². The molecule has 1 atom stereocenters. The van der Waals surface area contributed by atoms with Crippen molar-refractivity contribution in [3.8, 4) is 0 Å². The number of halogens is 1. The van der Waals surface area contributed by atoms with E-state index in [1.165, 1.54) is 9.35 Å². The molecule has 1 rings (SSSR count). The maximum absolute atomic E-state index is 3.53. The molecular formula is C14H25BrN2S. The minimum absolute atomic E-state index is 0.692. The molecule has 1 unspecified atom stereocenters. The summed E-state index contributed by atoms with van der Waals surface area (Å²) in [5.41, 5.74) is 0. The first-order valence-electron chi connectivity index (χ1n) is 6.59. The van der Waals surface area contributed by atoms with Crippen molar-refractivity contribution in [1.29, 1.82) is 0 Å². The number of hydrogen-bond acceptors (Lipinski definition) is 3. The normalized spacial score (nSPS) is 13.5. The Morgan fingerprint density at radius 3 is 2.61 bits per heavy atom. The lowest BCUT2D eigenvalue weighted by molar-refractivity contribution is 0.274. The molecule has 1 heterocycles. The van der Waals surface area contributed by atoms with E-state index in [9.17, 15) is 0 Å². The fourth-order valence-electron chi connectivity index (χ4n) is 1.98. The molecule has 0 amide bonds. The third-order valence-corrected chi connectivity index (χ3v) is 4.40. The summed E-state index contributed by atoms with van der Waals surface area (Å²) in [5, 5.41) is 5.68. The molecule has 0 spiro atoms. The molecule has 0 aliphatic heterocycles. The van der Waals surface area contributed by atoms with Crippen LogP contribution in [-0.4, -0.2) is 31.6 Å². The Balaban J connectivity index is 2.20. The van der Waals surface area contributed by atoms with Crippen molar-refractivity contribution >= 4 is 27.3 Å². The number of nitrogens with zero attached hydrogens (tertiary/aromatic N) is 1. The van der Waals surface area contributed by atoms with Crippen LogP contribution in [0.2, 0.25) is 0 Å². The van der Waals surface area contributed by atoms with E-state index in [1.54, 1.807) is 0 Å². The van der Waals surface area contributed by atoms with Crippen molar-refractivity contribution in [1.82, 2.24) is 10.2 Å². The van der Waals surface area contributed by atoms with E-state index in [1.807, 2.05) is 11.3 Å². The van der Waals surface area contributed by atoms with Gasteiger partial charge < -0.3 is 10.2 Å². The van der Waals surface area contributed by atoms with E-state index in [4.69, 9.17) is 0 Å². The van der Waals surface area contributed by atoms with Gasteiger partial charge in [0.15, 0.2) is 0 Å². The van der Waals surface area contributed by atoms with Gasteiger partial charge in [0, 0.05) is 27.8 Å². The van der Waals surface area contributed by atoms with E-state index in [0.717, 1.165) is 32.1 Å². The summed E-state index contributed by atoms with van der Waals surface area (Å²) in [7, 11) is 2.20. The fraction of sp³-hybridized carbons (Fsp3) is 0.714. The van der Waals surface area contributed by atoms with E-state index in [0.29, 0.717) is 5.92 Å². The van der Waals surface area contributed by atoms with Crippen LogP contribution >= 0.6 is 27.3 Å². The minimum Gasteiger partial charge on any atom is -0.316 e. The van der Waals surface area contributed by atoms with Crippen LogP contribution in [0, 0.1) is 11.8 Å². The molecule has 1 aromatic rings. The Hall–Kier alpha value is 0.1000. The Kier molecular flexibility index (Phi) is 7.46. The van der Waals surface area contributed by atoms with Gasteiger partial charge in [-0.15, -0.1) is 11.3 Å². The molecule has 0 bridgehead atoms. The molecule has 1 N–H and O–H groups in total. The summed E-state index contributed by atoms with van der Waals surface area (Å²) in [4.78, 5) is 3.83. The van der Waals surface area contributed by atoms with Crippen LogP contribution in [0.4, 0.5) is 0 Å². The lowest BCUT2D eigenvalue weighted by Crippen LogP contribution is -2.32. The number of hydrogen-bond donors (Lipinski definition) is 1. The zero-order chi connectivity index (χ0) is 13.5. The summed E-state index contributed by atoms with van der Waals surface area (Å²) in [6.45, 7) is 11.2. The van der Waals surface area contributed by atoms with Gasteiger partial charge in [-0.2, -0.15) is 0 Å². The maximum atomic E-state index is 3.53. The molecule has 1 aromatic heterocycles. The van der Waals surface area contributed by atoms with Crippen LogP contribution in [0.1, 0.15) is 25.6 Å². The van der Waals surface area contributed by atoms with E-state index >= 15 is 0 Å². The summed E-state index contributed by atoms with van der Waals surface area (Å²) in [6, 6.07) is 2.21. The summed E-state index contributed by atoms with van der Waals surface area (Å²) >= 11 is 5.33. The van der Waals surface area contributed by atoms with Crippen molar-refractivity contribution in [2.24, 2.45) is 11.8 Å². The third kappa shape index (κ3) is 6.88. The number of rotatable bonds is 8. The van der Waals surface area contributed by atoms with E-state index < -0.39 is 0 Å². The molecule has 0 aliphatic rings. The van der Waals surface area contributed by atoms with Gasteiger partial charge in [-0.25, -0.2) is 0 Å². The monoisotopic (exact) mass is 332 g/mol. The lowest BCUT2D eigenvalue weighted by Gasteiger charge is -2.21. The molecule has 0 aromatic carbocycles. The van der Waals surface area contributed by atoms with Crippen LogP contribution < -0.4 is 5.32 Å². The van der Waals surface area contributed by atoms with Crippen molar-refractivity contribution in [2.45, 2.75) is 27.3 Å². The first kappa shape index (κ1) is 16.2. The van der Waals surface area contributed by atoms with Crippen molar-refractivity contribution in [3.63, 3.8) is 0 Å². The maximum Gasteiger partial charge on any atom is 0.0325 e. The zero-order valence-electron chi connectivity index (χ0n) is 11.9. The van der Waals surface area contributed by atoms with Crippen LogP contribution in [0.3, 0.4) is 0 Å². The van der Waals surface area contributed by atoms with Gasteiger partial charge in [-0.1, -0.05) is 20.8 Å². The Bertz CT molecular complexity index is 338. The van der Waals surface area contributed by atoms with Crippen LogP contribution in [0.15, 0.2) is 15.9 Å². The Morgan fingerprint density at radius 1 is 1.33 bits per heavy atom. The summed E-state index contributed by atoms with van der Waals surface area (Å²) in [6.07, 6.45) is 0. The third-order valence-electron chi connectivity index (χ3n) is 2.72. The van der Waals surface area contributed by atoms with Gasteiger partial charge >= 0.3 is 0 Å². The van der Waals surface area contributed by atoms with Crippen molar-refractivity contribution in [2.75, 3.05) is 26.7 Å². The summed E-state index contributed by atoms with van der Waals surface area (Å²) in [5.74, 6) is 1.43. The average Bonchev–Trinajstić information content (AvgIpc) is 2.62. The fourth-order valence-corrected chi connectivity index (χ4v) is 3.51. The predicted octanol–water partition coefficient (Wildman–Crippen LogP) is 3.82. The van der Waals surface area contributed by atoms with Gasteiger partial charge in [0.05, 0.1) is 0 Å². The van der Waals surface area contributed by atoms with Crippen LogP contribution in [0.25, 0.3) is 0 Å². The first-order chi connectivity index (χ1) is 8.47. The highest BCUT2D eigenvalue weighted by Gasteiger charge is 2.08. The largest absolute Gasteiger partial charge is 0.316 e. The first-order valence-corrected chi connectivity index (χ1v) is 8.26. The average molecular weight is 333 g/mol. The summed E-state index contributed by atoms with van der Waals surface area (Å²) < 4.78 is 1.20. The molecule has 0 saturated heterocycles. The molecule has 2 nitrogen and oxygen atoms in total. The molecule has 104 valence electrons. The number of nitrogens with one attached hydrogen (secondary N) is 1. The molecule has 0 aliphatic carbocycles. The van der Waals surface area contributed by atoms with Gasteiger partial charge in [-0.05, 0) is 54.0 Å². The molecule has 4 heteroatoms. The van der Waals surface area contributed by atoms with Gasteiger partial charge in [0.1, 0.15) is 0 Å². The standard InChI is InChI=1S/C14H25BrN2S/c1-11(2)6-16-7-12(3)8-17(4)9-14-5-13(15)10-18-14/h5,10-12,16H,6-9H2,1-4H3. The second-order valence-corrected chi connectivity index (χ2v) is 7.50. The highest BCUT2D eigenvalue weighted by Crippen LogP contribution is 2.20. The molecule has 0 radical (unpaired) electrons. The van der Waals surface area contributed by atoms with Gasteiger partial charge in [0.25, 0.3) is 0 Å². The van der Waals surface area contributed by atoms with E-state index in [-0.39, 0.29) is 0 Å².